The lowest BCUT2D eigenvalue weighted by atomic mass is 9.81. The molecule has 37 heavy (non-hydrogen) atoms. The van der Waals surface area contributed by atoms with E-state index in [-0.39, 0.29) is 11.6 Å². The lowest BCUT2D eigenvalue weighted by Crippen LogP contribution is -2.56. The second-order valence-electron chi connectivity index (χ2n) is 9.95. The standard InChI is InChI=1S/C27H30F3N5O2/c1-4-33-16-21(31-17-33)20-6-5-19(15-18(20)2)25(37)34-11-9-26(10-12-34)23-8-7-22(24(36)27(28,29)30)35(23)14-13-32(26)3/h5-8,15-17H,4,9-14H2,1-3H3. The number of ketones is 1. The molecule has 1 spiro atoms. The molecule has 0 radical (unpaired) electrons. The lowest BCUT2D eigenvalue weighted by Gasteiger charge is -2.50. The Kier molecular flexibility index (Phi) is 6.26. The van der Waals surface area contributed by atoms with Crippen molar-refractivity contribution in [1.29, 1.82) is 0 Å². The number of rotatable bonds is 4. The number of likely N-dealkylation sites (tertiary alicyclic amines) is 1. The zero-order valence-corrected chi connectivity index (χ0v) is 21.2. The molecule has 196 valence electrons. The van der Waals surface area contributed by atoms with Gasteiger partial charge in [-0.1, -0.05) is 6.07 Å². The minimum Gasteiger partial charge on any atom is -0.339 e. The number of amides is 1. The Morgan fingerprint density at radius 3 is 2.41 bits per heavy atom. The number of carbonyl (C=O) groups is 2. The van der Waals surface area contributed by atoms with Gasteiger partial charge in [0.1, 0.15) is 0 Å². The number of hydrogen-bond donors (Lipinski definition) is 0. The molecule has 1 saturated heterocycles. The molecule has 2 aromatic heterocycles. The van der Waals surface area contributed by atoms with Gasteiger partial charge >= 0.3 is 6.18 Å². The number of aromatic nitrogens is 3. The zero-order valence-electron chi connectivity index (χ0n) is 21.2. The summed E-state index contributed by atoms with van der Waals surface area (Å²) in [6.07, 6.45) is 0.0101. The van der Waals surface area contributed by atoms with Crippen LogP contribution in [0.1, 0.15) is 51.9 Å². The van der Waals surface area contributed by atoms with E-state index in [1.54, 1.807) is 12.4 Å². The monoisotopic (exact) mass is 513 g/mol. The average Bonchev–Trinajstić information content (AvgIpc) is 3.53. The second kappa shape index (κ2) is 9.16. The molecule has 0 saturated carbocycles. The van der Waals surface area contributed by atoms with Crippen molar-refractivity contribution < 1.29 is 22.8 Å². The number of halogens is 3. The molecule has 1 amide bonds. The maximum atomic E-state index is 13.4. The van der Waals surface area contributed by atoms with Gasteiger partial charge in [-0.15, -0.1) is 0 Å². The molecule has 0 N–H and O–H groups in total. The Bertz CT molecular complexity index is 1350. The van der Waals surface area contributed by atoms with Crippen LogP contribution < -0.4 is 0 Å². The number of aryl methyl sites for hydroxylation is 2. The molecule has 3 aromatic rings. The molecule has 1 fully saturated rings. The lowest BCUT2D eigenvalue weighted by molar-refractivity contribution is -0.0892. The first-order chi connectivity index (χ1) is 17.5. The fourth-order valence-electron chi connectivity index (χ4n) is 5.77. The van der Waals surface area contributed by atoms with E-state index in [1.807, 2.05) is 54.8 Å². The van der Waals surface area contributed by atoms with E-state index in [4.69, 9.17) is 0 Å². The summed E-state index contributed by atoms with van der Waals surface area (Å²) in [5.74, 6) is -1.88. The van der Waals surface area contributed by atoms with E-state index >= 15 is 0 Å². The SMILES string of the molecule is CCn1cnc(-c2ccc(C(=O)N3CCC4(CC3)c3ccc(C(=O)C(F)(F)F)n3CCN4C)cc2C)c1. The van der Waals surface area contributed by atoms with Crippen molar-refractivity contribution in [2.75, 3.05) is 26.7 Å². The van der Waals surface area contributed by atoms with Gasteiger partial charge in [0.2, 0.25) is 0 Å². The molecule has 10 heteroatoms. The number of Topliss-reactive ketones (excluding diaryl/α,β-unsaturated/α-hetero) is 1. The molecule has 0 atom stereocenters. The zero-order chi connectivity index (χ0) is 26.5. The van der Waals surface area contributed by atoms with Crippen LogP contribution in [0.3, 0.4) is 0 Å². The minimum absolute atomic E-state index is 0.0645. The molecule has 0 aliphatic carbocycles. The number of benzene rings is 1. The van der Waals surface area contributed by atoms with E-state index in [0.29, 0.717) is 50.3 Å². The van der Waals surface area contributed by atoms with E-state index in [1.165, 1.54) is 10.6 Å². The number of likely N-dealkylation sites (N-methyl/N-ethyl adjacent to an activating group) is 1. The highest BCUT2D eigenvalue weighted by atomic mass is 19.4. The van der Waals surface area contributed by atoms with Gasteiger partial charge in [0, 0.05) is 55.7 Å². The molecule has 2 aliphatic heterocycles. The normalized spacial score (nSPS) is 17.7. The van der Waals surface area contributed by atoms with E-state index in [0.717, 1.165) is 23.4 Å². The first-order valence-electron chi connectivity index (χ1n) is 12.5. The Labute approximate surface area is 213 Å². The quantitative estimate of drug-likeness (QED) is 0.482. The van der Waals surface area contributed by atoms with Crippen LogP contribution in [0.5, 0.6) is 0 Å². The molecule has 5 rings (SSSR count). The van der Waals surface area contributed by atoms with E-state index in [2.05, 4.69) is 9.88 Å². The average molecular weight is 514 g/mol. The number of piperidine rings is 1. The number of fused-ring (bicyclic) bond motifs is 2. The fraction of sp³-hybridized carbons (Fsp3) is 0.444. The van der Waals surface area contributed by atoms with Crippen molar-refractivity contribution in [3.05, 3.63) is 65.4 Å². The molecule has 0 unspecified atom stereocenters. The van der Waals surface area contributed by atoms with Gasteiger partial charge < -0.3 is 14.0 Å². The van der Waals surface area contributed by atoms with Crippen molar-refractivity contribution >= 4 is 11.7 Å². The predicted molar refractivity (Wildman–Crippen MR) is 132 cm³/mol. The molecular formula is C27H30F3N5O2. The van der Waals surface area contributed by atoms with Crippen LogP contribution in [0.4, 0.5) is 13.2 Å². The van der Waals surface area contributed by atoms with Crippen LogP contribution in [0.2, 0.25) is 0 Å². The summed E-state index contributed by atoms with van der Waals surface area (Å²) < 4.78 is 42.9. The largest absolute Gasteiger partial charge is 0.456 e. The van der Waals surface area contributed by atoms with Gasteiger partial charge in [-0.25, -0.2) is 4.98 Å². The van der Waals surface area contributed by atoms with E-state index < -0.39 is 17.5 Å². The van der Waals surface area contributed by atoms with Gasteiger partial charge in [0.15, 0.2) is 0 Å². The molecule has 1 aromatic carbocycles. The van der Waals surface area contributed by atoms with Crippen molar-refractivity contribution in [2.24, 2.45) is 0 Å². The van der Waals surface area contributed by atoms with Crippen LogP contribution in [-0.4, -0.2) is 68.5 Å². The molecule has 2 aliphatic rings. The maximum Gasteiger partial charge on any atom is 0.456 e. The number of alkyl halides is 3. The number of hydrogen-bond acceptors (Lipinski definition) is 4. The van der Waals surface area contributed by atoms with Crippen molar-refractivity contribution in [2.45, 2.75) is 51.5 Å². The third kappa shape index (κ3) is 4.27. The van der Waals surface area contributed by atoms with Gasteiger partial charge in [-0.05, 0) is 63.6 Å². The van der Waals surface area contributed by atoms with Gasteiger partial charge in [0.05, 0.1) is 23.3 Å². The predicted octanol–water partition coefficient (Wildman–Crippen LogP) is 4.50. The topological polar surface area (TPSA) is 63.4 Å². The summed E-state index contributed by atoms with van der Waals surface area (Å²) in [5.41, 5.74) is 3.30. The summed E-state index contributed by atoms with van der Waals surface area (Å²) >= 11 is 0. The summed E-state index contributed by atoms with van der Waals surface area (Å²) in [7, 11) is 1.96. The maximum absolute atomic E-state index is 13.4. The Morgan fingerprint density at radius 2 is 1.78 bits per heavy atom. The molecule has 4 heterocycles. The van der Waals surface area contributed by atoms with Gasteiger partial charge in [0.25, 0.3) is 11.7 Å². The van der Waals surface area contributed by atoms with Crippen LogP contribution in [0, 0.1) is 6.92 Å². The third-order valence-electron chi connectivity index (χ3n) is 7.96. The Hall–Kier alpha value is -3.40. The molecule has 7 nitrogen and oxygen atoms in total. The van der Waals surface area contributed by atoms with Crippen LogP contribution >= 0.6 is 0 Å². The summed E-state index contributed by atoms with van der Waals surface area (Å²) in [4.78, 5) is 33.8. The highest BCUT2D eigenvalue weighted by Crippen LogP contribution is 2.42. The van der Waals surface area contributed by atoms with Crippen LogP contribution in [-0.2, 0) is 18.6 Å². The smallest absolute Gasteiger partial charge is 0.339 e. The first kappa shape index (κ1) is 25.3. The third-order valence-corrected chi connectivity index (χ3v) is 7.96. The van der Waals surface area contributed by atoms with Gasteiger partial charge in [-0.2, -0.15) is 13.2 Å². The first-order valence-corrected chi connectivity index (χ1v) is 12.5. The summed E-state index contributed by atoms with van der Waals surface area (Å²) in [6.45, 7) is 6.64. The number of carbonyl (C=O) groups excluding carboxylic acids is 2. The molecule has 0 bridgehead atoms. The minimum atomic E-state index is -4.91. The van der Waals surface area contributed by atoms with Crippen molar-refractivity contribution in [3.8, 4) is 11.3 Å². The summed E-state index contributed by atoms with van der Waals surface area (Å²) in [5, 5.41) is 0. The van der Waals surface area contributed by atoms with Crippen LogP contribution in [0.15, 0.2) is 42.9 Å². The highest BCUT2D eigenvalue weighted by molar-refractivity contribution is 5.99. The van der Waals surface area contributed by atoms with Crippen molar-refractivity contribution in [3.63, 3.8) is 0 Å². The number of nitrogens with zero attached hydrogens (tertiary/aromatic N) is 5. The van der Waals surface area contributed by atoms with Crippen molar-refractivity contribution in [1.82, 2.24) is 23.9 Å². The Morgan fingerprint density at radius 1 is 1.05 bits per heavy atom. The second-order valence-corrected chi connectivity index (χ2v) is 9.95. The van der Waals surface area contributed by atoms with Crippen LogP contribution in [0.25, 0.3) is 11.3 Å². The summed E-state index contributed by atoms with van der Waals surface area (Å²) in [6, 6.07) is 8.58. The molecular weight excluding hydrogens is 483 g/mol. The van der Waals surface area contributed by atoms with Gasteiger partial charge in [-0.3, -0.25) is 14.5 Å². The Balaban J connectivity index is 1.34. The highest BCUT2D eigenvalue weighted by Gasteiger charge is 2.47. The number of imidazole rings is 1. The van der Waals surface area contributed by atoms with E-state index in [9.17, 15) is 22.8 Å². The fourth-order valence-corrected chi connectivity index (χ4v) is 5.77.